The Labute approximate surface area is 184 Å². The minimum Gasteiger partial charge on any atom is -0.325 e. The minimum absolute atomic E-state index is 0.413. The quantitative estimate of drug-likeness (QED) is 0.205. The van der Waals surface area contributed by atoms with Crippen molar-refractivity contribution in [3.63, 3.8) is 0 Å². The third-order valence-electron chi connectivity index (χ3n) is 1.66. The molecule has 1 heterocycles. The van der Waals surface area contributed by atoms with E-state index in [1.54, 1.807) is 11.8 Å². The van der Waals surface area contributed by atoms with E-state index >= 15 is 0 Å². The fourth-order valence-electron chi connectivity index (χ4n) is 1.04. The van der Waals surface area contributed by atoms with E-state index in [1.807, 2.05) is 26.8 Å². The fraction of sp³-hybridized carbons (Fsp3) is 0.733. The summed E-state index contributed by atoms with van der Waals surface area (Å²) in [6, 6.07) is 2.04. The van der Waals surface area contributed by atoms with Gasteiger partial charge in [-0.3, -0.25) is 0 Å². The molecule has 0 aliphatic carbocycles. The number of hydrogen-bond donors (Lipinski definition) is 6. The smallest absolute Gasteiger partial charge is 0.319 e. The van der Waals surface area contributed by atoms with Crippen molar-refractivity contribution < 1.29 is 29.4 Å². The first kappa shape index (κ1) is 35.9. The highest BCUT2D eigenvalue weighted by atomic mass is 32.5. The molecule has 0 bridgehead atoms. The Balaban J connectivity index is -0.000000160. The summed E-state index contributed by atoms with van der Waals surface area (Å²) in [5.74, 6) is 2.43. The summed E-state index contributed by atoms with van der Waals surface area (Å²) < 4.78 is 0. The molecule has 1 rings (SSSR count). The molecular formula is C15H36N2O6P2S3. The molecule has 0 unspecified atom stereocenters. The Hall–Kier alpha value is 0.490. The number of aryl methyl sites for hydroxylation is 1. The Bertz CT molecular complexity index is 546. The highest BCUT2D eigenvalue weighted by Crippen LogP contribution is 2.27. The second kappa shape index (κ2) is 20.8. The molecule has 0 radical (unpaired) electrons. The lowest BCUT2D eigenvalue weighted by Crippen LogP contribution is -2.00. The van der Waals surface area contributed by atoms with Gasteiger partial charge < -0.3 is 29.4 Å². The van der Waals surface area contributed by atoms with Gasteiger partial charge in [0, 0.05) is 11.6 Å². The topological polar surface area (TPSA) is 147 Å². The van der Waals surface area contributed by atoms with Gasteiger partial charge in [0.05, 0.1) is 5.03 Å². The van der Waals surface area contributed by atoms with Crippen LogP contribution in [0.5, 0.6) is 0 Å². The van der Waals surface area contributed by atoms with Crippen LogP contribution in [-0.2, 0) is 23.6 Å². The van der Waals surface area contributed by atoms with Gasteiger partial charge in [-0.15, -0.1) is 11.8 Å². The van der Waals surface area contributed by atoms with E-state index in [4.69, 9.17) is 29.4 Å². The van der Waals surface area contributed by atoms with Crippen molar-refractivity contribution >= 4 is 48.8 Å². The van der Waals surface area contributed by atoms with Crippen molar-refractivity contribution in [3.05, 3.63) is 17.6 Å². The van der Waals surface area contributed by atoms with E-state index in [1.165, 1.54) is 6.42 Å². The predicted octanol–water partition coefficient (Wildman–Crippen LogP) is 3.84. The summed E-state index contributed by atoms with van der Waals surface area (Å²) >= 11 is 8.98. The van der Waals surface area contributed by atoms with Gasteiger partial charge >= 0.3 is 13.4 Å². The molecule has 1 aromatic rings. The average molecular weight is 499 g/mol. The van der Waals surface area contributed by atoms with Crippen LogP contribution in [0.1, 0.15) is 72.3 Å². The number of thioether (sulfide) groups is 1. The normalized spacial score (nSPS) is 10.1. The molecule has 0 fully saturated rings. The summed E-state index contributed by atoms with van der Waals surface area (Å²) in [6.07, 6.45) is 1.25. The monoisotopic (exact) mass is 498 g/mol. The molecule has 13 heteroatoms. The zero-order chi connectivity index (χ0) is 23.6. The first-order chi connectivity index (χ1) is 12.5. The molecule has 0 aliphatic heterocycles. The Kier molecular flexibility index (Phi) is 26.6. The zero-order valence-corrected chi connectivity index (χ0v) is 22.0. The van der Waals surface area contributed by atoms with Gasteiger partial charge in [0.25, 0.3) is 0 Å². The van der Waals surface area contributed by atoms with Gasteiger partial charge in [-0.2, -0.15) is 0 Å². The first-order valence-electron chi connectivity index (χ1n) is 8.59. The lowest BCUT2D eigenvalue weighted by atomic mass is 10.2. The van der Waals surface area contributed by atoms with Crippen LogP contribution >= 0.6 is 25.2 Å². The van der Waals surface area contributed by atoms with Crippen LogP contribution in [0, 0.1) is 6.92 Å². The highest BCUT2D eigenvalue weighted by Gasteiger charge is 2.05. The van der Waals surface area contributed by atoms with E-state index in [2.05, 4.69) is 68.2 Å². The summed E-state index contributed by atoms with van der Waals surface area (Å²) in [6.45, 7) is 9.04. The highest BCUT2D eigenvalue weighted by molar-refractivity contribution is 8.06. The molecular weight excluding hydrogens is 462 g/mol. The van der Waals surface area contributed by atoms with Crippen LogP contribution in [-0.4, -0.2) is 45.1 Å². The maximum atomic E-state index is 7.56. The lowest BCUT2D eigenvalue weighted by molar-refractivity contribution is 0.361. The van der Waals surface area contributed by atoms with Gasteiger partial charge in [0.15, 0.2) is 0 Å². The van der Waals surface area contributed by atoms with Gasteiger partial charge in [-0.25, -0.2) is 9.97 Å². The van der Waals surface area contributed by atoms with Crippen LogP contribution in [0.15, 0.2) is 11.1 Å². The van der Waals surface area contributed by atoms with Crippen molar-refractivity contribution in [1.82, 2.24) is 9.97 Å². The van der Waals surface area contributed by atoms with Crippen LogP contribution in [0.2, 0.25) is 0 Å². The van der Waals surface area contributed by atoms with E-state index in [0.29, 0.717) is 5.92 Å². The molecule has 8 nitrogen and oxygen atoms in total. The van der Waals surface area contributed by atoms with E-state index < -0.39 is 13.4 Å². The number of aromatic nitrogens is 2. The van der Waals surface area contributed by atoms with Crippen molar-refractivity contribution in [1.29, 1.82) is 0 Å². The van der Waals surface area contributed by atoms with Gasteiger partial charge in [0.2, 0.25) is 0 Å². The molecule has 0 aromatic carbocycles. The van der Waals surface area contributed by atoms with Crippen molar-refractivity contribution in [2.75, 3.05) is 5.75 Å². The van der Waals surface area contributed by atoms with Crippen LogP contribution in [0.25, 0.3) is 0 Å². The summed E-state index contributed by atoms with van der Waals surface area (Å²) in [5.41, 5.74) is 1.06. The second-order valence-electron chi connectivity index (χ2n) is 5.03. The van der Waals surface area contributed by atoms with Crippen molar-refractivity contribution in [2.24, 2.45) is 0 Å². The van der Waals surface area contributed by atoms with E-state index in [0.717, 1.165) is 22.3 Å². The van der Waals surface area contributed by atoms with E-state index in [9.17, 15) is 0 Å². The summed E-state index contributed by atoms with van der Waals surface area (Å²) in [5, 5.41) is 1.10. The molecule has 0 atom stereocenters. The molecule has 6 N–H and O–H groups in total. The second-order valence-corrected chi connectivity index (χ2v) is 11.3. The molecule has 0 amide bonds. The molecule has 170 valence electrons. The van der Waals surface area contributed by atoms with Gasteiger partial charge in [0.1, 0.15) is 5.82 Å². The van der Waals surface area contributed by atoms with Crippen LogP contribution in [0.3, 0.4) is 0 Å². The lowest BCUT2D eigenvalue weighted by Gasteiger charge is -2.06. The SMILES string of the molecule is CC.CCC.CCSc1cc(C)nc(C(C)C)n1.OP(O)(O)=S.OP(O)(O)=S. The largest absolute Gasteiger partial charge is 0.325 e. The van der Waals surface area contributed by atoms with Crippen LogP contribution < -0.4 is 0 Å². The fourth-order valence-corrected chi connectivity index (χ4v) is 1.75. The molecule has 0 aliphatic rings. The van der Waals surface area contributed by atoms with Crippen LogP contribution in [0.4, 0.5) is 0 Å². The zero-order valence-electron chi connectivity index (χ0n) is 17.8. The minimum atomic E-state index is -3.81. The van der Waals surface area contributed by atoms with Gasteiger partial charge in [-0.05, 0) is 42.4 Å². The summed E-state index contributed by atoms with van der Waals surface area (Å²) in [4.78, 5) is 54.2. The Morgan fingerprint density at radius 3 is 1.50 bits per heavy atom. The molecule has 28 heavy (non-hydrogen) atoms. The van der Waals surface area contributed by atoms with Crippen molar-refractivity contribution in [2.45, 2.75) is 72.8 Å². The van der Waals surface area contributed by atoms with Crippen molar-refractivity contribution in [3.8, 4) is 0 Å². The number of rotatable bonds is 3. The van der Waals surface area contributed by atoms with Gasteiger partial charge in [-0.1, -0.05) is 54.9 Å². The standard InChI is InChI=1S/C10H16N2S.C3H8.C2H6.2H3O3PS/c1-5-13-9-6-8(4)11-10(12-9)7(2)3;1-3-2;1-2;2*1-4(2,3)5/h6-7H,5H2,1-4H3;3H2,1-2H3;1-2H3;2*(H3,1,2,3,5). The maximum Gasteiger partial charge on any atom is 0.319 e. The summed E-state index contributed by atoms with van der Waals surface area (Å²) in [7, 11) is 0. The molecule has 1 aromatic heterocycles. The third-order valence-corrected chi connectivity index (χ3v) is 2.45. The average Bonchev–Trinajstić information content (AvgIpc) is 2.46. The predicted molar refractivity (Wildman–Crippen MR) is 126 cm³/mol. The first-order valence-corrected chi connectivity index (χ1v) is 14.9. The molecule has 0 saturated heterocycles. The Morgan fingerprint density at radius 1 is 0.929 bits per heavy atom. The van der Waals surface area contributed by atoms with E-state index in [-0.39, 0.29) is 0 Å². The molecule has 0 spiro atoms. The molecule has 0 saturated carbocycles. The number of hydrogen-bond acceptors (Lipinski definition) is 5. The third kappa shape index (κ3) is 45.3. The maximum absolute atomic E-state index is 7.56. The Morgan fingerprint density at radius 2 is 1.25 bits per heavy atom. The number of nitrogens with zero attached hydrogens (tertiary/aromatic N) is 2.